The minimum absolute atomic E-state index is 0. The van der Waals surface area contributed by atoms with Gasteiger partial charge >= 0.3 is 5.69 Å². The predicted molar refractivity (Wildman–Crippen MR) is 67.2 cm³/mol. The van der Waals surface area contributed by atoms with Gasteiger partial charge in [0.1, 0.15) is 16.6 Å². The molecule has 0 aliphatic heterocycles. The summed E-state index contributed by atoms with van der Waals surface area (Å²) < 4.78 is 0. The monoisotopic (exact) mass is 295 g/mol. The molecule has 0 amide bonds. The molecule has 10 heteroatoms. The molecule has 1 unspecified atom stereocenters. The molecule has 0 fully saturated rings. The van der Waals surface area contributed by atoms with Crippen LogP contribution in [0, 0.1) is 0 Å². The molecule has 0 aliphatic carbocycles. The first kappa shape index (κ1) is 13.8. The Bertz CT molecular complexity index is 607. The van der Waals surface area contributed by atoms with Crippen molar-refractivity contribution in [2.45, 2.75) is 5.25 Å². The van der Waals surface area contributed by atoms with Crippen LogP contribution in [0.1, 0.15) is 16.8 Å². The van der Waals surface area contributed by atoms with Gasteiger partial charge in [0.05, 0.1) is 5.69 Å². The number of hydrogen-bond donors (Lipinski definition) is 4. The summed E-state index contributed by atoms with van der Waals surface area (Å²) in [5.74, 6) is 0.312. The van der Waals surface area contributed by atoms with E-state index in [0.29, 0.717) is 5.82 Å². The van der Waals surface area contributed by atoms with Gasteiger partial charge in [0.15, 0.2) is 5.82 Å². The third-order valence-electron chi connectivity index (χ3n) is 1.86. The number of nitrogens with one attached hydrogen (secondary N) is 3. The van der Waals surface area contributed by atoms with E-state index in [1.807, 2.05) is 4.98 Å². The van der Waals surface area contributed by atoms with E-state index in [1.165, 1.54) is 6.33 Å². The predicted octanol–water partition coefficient (Wildman–Crippen LogP) is 0.276. The van der Waals surface area contributed by atoms with Gasteiger partial charge in [0.25, 0.3) is 5.56 Å². The maximum absolute atomic E-state index is 11.2. The molecule has 3 N–H and O–H groups in total. The fourth-order valence-electron chi connectivity index (χ4n) is 1.16. The zero-order valence-electron chi connectivity index (χ0n) is 8.10. The van der Waals surface area contributed by atoms with E-state index in [1.54, 1.807) is 0 Å². The second kappa shape index (κ2) is 5.39. The van der Waals surface area contributed by atoms with Crippen LogP contribution in [0.3, 0.4) is 0 Å². The summed E-state index contributed by atoms with van der Waals surface area (Å²) in [5, 5.41) is 5.48. The number of thiol groups is 1. The first-order valence-electron chi connectivity index (χ1n) is 4.15. The molecule has 0 aliphatic rings. The normalized spacial score (nSPS) is 11.9. The summed E-state index contributed by atoms with van der Waals surface area (Å²) in [6, 6.07) is 0. The van der Waals surface area contributed by atoms with E-state index in [4.69, 9.17) is 11.6 Å². The standard InChI is InChI=1S/C7H6ClN5O2S.ClH/c8-2-3(11-7(15)12-6(2)14)4(16)5-9-1-10-13-5;/h1,4,16H,(H,9,10,13)(H2,11,12,14,15);1H. The van der Waals surface area contributed by atoms with Crippen LogP contribution in [0.5, 0.6) is 0 Å². The maximum atomic E-state index is 11.2. The van der Waals surface area contributed by atoms with Gasteiger partial charge in [0.2, 0.25) is 0 Å². The molecule has 0 saturated heterocycles. The lowest BCUT2D eigenvalue weighted by Gasteiger charge is -2.07. The molecule has 1 atom stereocenters. The highest BCUT2D eigenvalue weighted by Gasteiger charge is 2.19. The third-order valence-corrected chi connectivity index (χ3v) is 2.73. The minimum atomic E-state index is -0.672. The number of aromatic nitrogens is 5. The van der Waals surface area contributed by atoms with Gasteiger partial charge in [0, 0.05) is 0 Å². The molecular formula is C7H7Cl2N5O2S. The Hall–Kier alpha value is -1.25. The average molecular weight is 296 g/mol. The SMILES string of the molecule is Cl.O=c1[nH]c(C(S)c2nc[nH]n2)c(Cl)c(=O)[nH]1. The Balaban J connectivity index is 0.00000144. The molecule has 0 radical (unpaired) electrons. The second-order valence-electron chi connectivity index (χ2n) is 2.90. The molecule has 2 rings (SSSR count). The minimum Gasteiger partial charge on any atom is -0.308 e. The summed E-state index contributed by atoms with van der Waals surface area (Å²) in [7, 11) is 0. The number of aromatic amines is 3. The molecule has 7 nitrogen and oxygen atoms in total. The summed E-state index contributed by atoms with van der Waals surface area (Å²) in [6.07, 6.45) is 1.36. The zero-order valence-corrected chi connectivity index (χ0v) is 10.6. The topological polar surface area (TPSA) is 107 Å². The molecule has 92 valence electrons. The Labute approximate surface area is 111 Å². The molecule has 2 aromatic rings. The van der Waals surface area contributed by atoms with E-state index >= 15 is 0 Å². The Morgan fingerprint density at radius 3 is 2.65 bits per heavy atom. The molecule has 2 aromatic heterocycles. The van der Waals surface area contributed by atoms with Gasteiger partial charge in [-0.05, 0) is 0 Å². The summed E-state index contributed by atoms with van der Waals surface area (Å²) in [4.78, 5) is 30.6. The van der Waals surface area contributed by atoms with Crippen LogP contribution in [0.4, 0.5) is 0 Å². The van der Waals surface area contributed by atoms with Gasteiger partial charge in [-0.1, -0.05) is 11.6 Å². The summed E-state index contributed by atoms with van der Waals surface area (Å²) in [6.45, 7) is 0. The molecule has 0 spiro atoms. The molecule has 0 saturated carbocycles. The van der Waals surface area contributed by atoms with E-state index in [-0.39, 0.29) is 23.1 Å². The van der Waals surface area contributed by atoms with Crippen molar-refractivity contribution in [3.63, 3.8) is 0 Å². The lowest BCUT2D eigenvalue weighted by Crippen LogP contribution is -2.25. The van der Waals surface area contributed by atoms with E-state index in [2.05, 4.69) is 32.8 Å². The fraction of sp³-hybridized carbons (Fsp3) is 0.143. The number of halogens is 2. The number of nitrogens with zero attached hydrogens (tertiary/aromatic N) is 2. The van der Waals surface area contributed by atoms with Crippen molar-refractivity contribution in [1.82, 2.24) is 25.1 Å². The van der Waals surface area contributed by atoms with Gasteiger partial charge in [-0.25, -0.2) is 9.78 Å². The van der Waals surface area contributed by atoms with Gasteiger partial charge in [-0.3, -0.25) is 14.9 Å². The second-order valence-corrected chi connectivity index (χ2v) is 3.79. The molecule has 17 heavy (non-hydrogen) atoms. The maximum Gasteiger partial charge on any atom is 0.326 e. The van der Waals surface area contributed by atoms with Gasteiger partial charge in [-0.15, -0.1) is 12.4 Å². The highest BCUT2D eigenvalue weighted by molar-refractivity contribution is 7.80. The lowest BCUT2D eigenvalue weighted by molar-refractivity contribution is 0.891. The first-order chi connectivity index (χ1) is 7.59. The molecule has 0 aromatic carbocycles. The lowest BCUT2D eigenvalue weighted by atomic mass is 10.3. The van der Waals surface area contributed by atoms with Crippen LogP contribution in [0.25, 0.3) is 0 Å². The van der Waals surface area contributed by atoms with Crippen LogP contribution in [-0.2, 0) is 0 Å². The largest absolute Gasteiger partial charge is 0.326 e. The molecule has 0 bridgehead atoms. The smallest absolute Gasteiger partial charge is 0.308 e. The van der Waals surface area contributed by atoms with Crippen molar-refractivity contribution >= 4 is 36.6 Å². The van der Waals surface area contributed by atoms with Crippen LogP contribution in [-0.4, -0.2) is 25.1 Å². The van der Waals surface area contributed by atoms with E-state index in [0.717, 1.165) is 0 Å². The third kappa shape index (κ3) is 2.71. The van der Waals surface area contributed by atoms with Crippen molar-refractivity contribution in [3.05, 3.63) is 43.7 Å². The number of rotatable bonds is 2. The van der Waals surface area contributed by atoms with E-state index < -0.39 is 16.5 Å². The van der Waals surface area contributed by atoms with Crippen LogP contribution in [0.15, 0.2) is 15.9 Å². The van der Waals surface area contributed by atoms with Crippen LogP contribution >= 0.6 is 36.6 Å². The Morgan fingerprint density at radius 1 is 1.35 bits per heavy atom. The van der Waals surface area contributed by atoms with Crippen molar-refractivity contribution in [3.8, 4) is 0 Å². The quantitative estimate of drug-likeness (QED) is 0.597. The van der Waals surface area contributed by atoms with Crippen molar-refractivity contribution in [1.29, 1.82) is 0 Å². The van der Waals surface area contributed by atoms with E-state index in [9.17, 15) is 9.59 Å². The van der Waals surface area contributed by atoms with Crippen molar-refractivity contribution in [2.75, 3.05) is 0 Å². The zero-order chi connectivity index (χ0) is 11.7. The van der Waals surface area contributed by atoms with Crippen molar-refractivity contribution < 1.29 is 0 Å². The van der Waals surface area contributed by atoms with Crippen molar-refractivity contribution in [2.24, 2.45) is 0 Å². The first-order valence-corrected chi connectivity index (χ1v) is 5.04. The Kier molecular flexibility index (Phi) is 4.38. The summed E-state index contributed by atoms with van der Waals surface area (Å²) >= 11 is 9.94. The fourth-order valence-corrected chi connectivity index (χ4v) is 1.75. The number of H-pyrrole nitrogens is 3. The van der Waals surface area contributed by atoms with Crippen LogP contribution < -0.4 is 11.2 Å². The summed E-state index contributed by atoms with van der Waals surface area (Å²) in [5.41, 5.74) is -1.16. The van der Waals surface area contributed by atoms with Crippen LogP contribution in [0.2, 0.25) is 5.02 Å². The Morgan fingerprint density at radius 2 is 2.06 bits per heavy atom. The average Bonchev–Trinajstić information content (AvgIpc) is 2.75. The van der Waals surface area contributed by atoms with Gasteiger partial charge in [-0.2, -0.15) is 17.7 Å². The van der Waals surface area contributed by atoms with Gasteiger partial charge < -0.3 is 4.98 Å². The number of hydrogen-bond acceptors (Lipinski definition) is 5. The molecular weight excluding hydrogens is 289 g/mol. The highest BCUT2D eigenvalue weighted by atomic mass is 35.5. The highest BCUT2D eigenvalue weighted by Crippen LogP contribution is 2.26. The molecule has 2 heterocycles.